The molecule has 0 fully saturated rings. The first-order valence-corrected chi connectivity index (χ1v) is 8.42. The Morgan fingerprint density at radius 1 is 1.08 bits per heavy atom. The topological polar surface area (TPSA) is 68.0 Å². The number of halogens is 3. The van der Waals surface area contributed by atoms with Crippen molar-refractivity contribution in [1.82, 2.24) is 20.0 Å². The fourth-order valence-electron chi connectivity index (χ4n) is 2.12. The quantitative estimate of drug-likeness (QED) is 0.512. The van der Waals surface area contributed by atoms with E-state index in [4.69, 9.17) is 34.8 Å². The van der Waals surface area contributed by atoms with Gasteiger partial charge in [0, 0.05) is 5.02 Å². The van der Waals surface area contributed by atoms with Crippen molar-refractivity contribution < 1.29 is 0 Å². The number of aromatic nitrogens is 4. The SMILES string of the molecule is Cc1nn(Cc2ccc(Cl)cc2)c(Cl)c1/C=N/Nc1ccc(Cl)nn1. The molecule has 0 saturated heterocycles. The summed E-state index contributed by atoms with van der Waals surface area (Å²) < 4.78 is 1.71. The summed E-state index contributed by atoms with van der Waals surface area (Å²) in [6.07, 6.45) is 1.60. The van der Waals surface area contributed by atoms with Gasteiger partial charge in [-0.05, 0) is 36.8 Å². The lowest BCUT2D eigenvalue weighted by atomic mass is 10.2. The van der Waals surface area contributed by atoms with Gasteiger partial charge in [-0.25, -0.2) is 4.68 Å². The molecule has 0 aliphatic carbocycles. The third-order valence-electron chi connectivity index (χ3n) is 3.36. The van der Waals surface area contributed by atoms with Crippen LogP contribution in [0.1, 0.15) is 16.8 Å². The number of benzene rings is 1. The molecule has 2 aromatic heterocycles. The first-order valence-electron chi connectivity index (χ1n) is 7.28. The second-order valence-electron chi connectivity index (χ2n) is 5.19. The van der Waals surface area contributed by atoms with Crippen LogP contribution in [0.4, 0.5) is 5.82 Å². The average Bonchev–Trinajstić information content (AvgIpc) is 2.86. The number of anilines is 1. The molecule has 0 saturated carbocycles. The smallest absolute Gasteiger partial charge is 0.168 e. The van der Waals surface area contributed by atoms with E-state index in [1.807, 2.05) is 31.2 Å². The molecule has 0 radical (unpaired) electrons. The first kappa shape index (κ1) is 17.7. The van der Waals surface area contributed by atoms with Crippen LogP contribution in [0.5, 0.6) is 0 Å². The molecular formula is C16H13Cl3N6. The Kier molecular flexibility index (Phi) is 5.53. The van der Waals surface area contributed by atoms with E-state index in [0.29, 0.717) is 27.7 Å². The number of nitrogens with zero attached hydrogens (tertiary/aromatic N) is 5. The molecule has 0 aliphatic rings. The minimum atomic E-state index is 0.317. The highest BCUT2D eigenvalue weighted by molar-refractivity contribution is 6.32. The molecule has 3 aromatic rings. The molecule has 128 valence electrons. The summed E-state index contributed by atoms with van der Waals surface area (Å²) in [7, 11) is 0. The molecule has 0 atom stereocenters. The summed E-state index contributed by atoms with van der Waals surface area (Å²) >= 11 is 18.0. The molecule has 2 heterocycles. The molecule has 0 unspecified atom stereocenters. The van der Waals surface area contributed by atoms with E-state index < -0.39 is 0 Å². The number of nitrogens with one attached hydrogen (secondary N) is 1. The molecule has 1 aromatic carbocycles. The van der Waals surface area contributed by atoms with Crippen LogP contribution in [0.3, 0.4) is 0 Å². The van der Waals surface area contributed by atoms with Crippen LogP contribution in [0.2, 0.25) is 15.3 Å². The molecular weight excluding hydrogens is 383 g/mol. The zero-order valence-corrected chi connectivity index (χ0v) is 15.4. The zero-order valence-electron chi connectivity index (χ0n) is 13.1. The summed E-state index contributed by atoms with van der Waals surface area (Å²) in [5.41, 5.74) is 5.31. The largest absolute Gasteiger partial charge is 0.260 e. The lowest BCUT2D eigenvalue weighted by Crippen LogP contribution is -2.02. The highest BCUT2D eigenvalue weighted by atomic mass is 35.5. The van der Waals surface area contributed by atoms with Gasteiger partial charge in [0.2, 0.25) is 0 Å². The minimum absolute atomic E-state index is 0.317. The maximum atomic E-state index is 6.42. The Bertz CT molecular complexity index is 887. The predicted octanol–water partition coefficient (Wildman–Crippen LogP) is 4.44. The summed E-state index contributed by atoms with van der Waals surface area (Å²) in [5, 5.41) is 17.7. The second kappa shape index (κ2) is 7.82. The van der Waals surface area contributed by atoms with E-state index in [-0.39, 0.29) is 0 Å². The second-order valence-corrected chi connectivity index (χ2v) is 6.37. The van der Waals surface area contributed by atoms with Crippen molar-refractivity contribution in [2.24, 2.45) is 5.10 Å². The van der Waals surface area contributed by atoms with Gasteiger partial charge >= 0.3 is 0 Å². The average molecular weight is 396 g/mol. The van der Waals surface area contributed by atoms with Crippen molar-refractivity contribution in [2.75, 3.05) is 5.43 Å². The van der Waals surface area contributed by atoms with Gasteiger partial charge in [0.15, 0.2) is 11.0 Å². The number of rotatable bonds is 5. The van der Waals surface area contributed by atoms with Gasteiger partial charge in [-0.2, -0.15) is 10.2 Å². The molecule has 3 rings (SSSR count). The standard InChI is InChI=1S/C16H13Cl3N6/c1-10-13(8-20-22-15-7-6-14(18)21-23-15)16(19)25(24-10)9-11-2-4-12(17)5-3-11/h2-8H,9H2,1H3,(H,22,23)/b20-8+. The van der Waals surface area contributed by atoms with E-state index in [0.717, 1.165) is 16.8 Å². The van der Waals surface area contributed by atoms with Gasteiger partial charge in [0.25, 0.3) is 0 Å². The first-order chi connectivity index (χ1) is 12.0. The van der Waals surface area contributed by atoms with E-state index in [1.165, 1.54) is 0 Å². The minimum Gasteiger partial charge on any atom is -0.260 e. The number of aryl methyl sites for hydroxylation is 1. The van der Waals surface area contributed by atoms with Gasteiger partial charge in [0.1, 0.15) is 5.15 Å². The third kappa shape index (κ3) is 4.48. The number of hydrogen-bond acceptors (Lipinski definition) is 5. The van der Waals surface area contributed by atoms with E-state index in [1.54, 1.807) is 23.0 Å². The Labute approximate surface area is 159 Å². The van der Waals surface area contributed by atoms with Gasteiger partial charge in [0.05, 0.1) is 24.0 Å². The molecule has 0 amide bonds. The van der Waals surface area contributed by atoms with Crippen LogP contribution >= 0.6 is 34.8 Å². The van der Waals surface area contributed by atoms with Crippen molar-refractivity contribution in [2.45, 2.75) is 13.5 Å². The van der Waals surface area contributed by atoms with Crippen LogP contribution in [0.15, 0.2) is 41.5 Å². The van der Waals surface area contributed by atoms with Crippen molar-refractivity contribution in [3.05, 3.63) is 68.5 Å². The highest BCUT2D eigenvalue weighted by Gasteiger charge is 2.12. The Balaban J connectivity index is 1.73. The summed E-state index contributed by atoms with van der Waals surface area (Å²) in [4.78, 5) is 0. The van der Waals surface area contributed by atoms with Crippen LogP contribution in [0.25, 0.3) is 0 Å². The van der Waals surface area contributed by atoms with Crippen molar-refractivity contribution in [3.63, 3.8) is 0 Å². The Morgan fingerprint density at radius 2 is 1.84 bits per heavy atom. The molecule has 9 heteroatoms. The van der Waals surface area contributed by atoms with Crippen LogP contribution in [0, 0.1) is 6.92 Å². The summed E-state index contributed by atoms with van der Waals surface area (Å²) in [5.74, 6) is 0.475. The summed E-state index contributed by atoms with van der Waals surface area (Å²) in [6, 6.07) is 10.8. The Hall–Kier alpha value is -2.15. The monoisotopic (exact) mass is 394 g/mol. The third-order valence-corrected chi connectivity index (χ3v) is 4.21. The predicted molar refractivity (Wildman–Crippen MR) is 101 cm³/mol. The molecule has 6 nitrogen and oxygen atoms in total. The Morgan fingerprint density at radius 3 is 2.52 bits per heavy atom. The fourth-order valence-corrected chi connectivity index (χ4v) is 2.63. The van der Waals surface area contributed by atoms with Crippen molar-refractivity contribution in [1.29, 1.82) is 0 Å². The highest BCUT2D eigenvalue weighted by Crippen LogP contribution is 2.20. The van der Waals surface area contributed by atoms with Gasteiger partial charge in [-0.1, -0.05) is 46.9 Å². The van der Waals surface area contributed by atoms with Gasteiger partial charge < -0.3 is 0 Å². The van der Waals surface area contributed by atoms with Gasteiger partial charge in [-0.15, -0.1) is 10.2 Å². The van der Waals surface area contributed by atoms with Gasteiger partial charge in [-0.3, -0.25) is 5.43 Å². The van der Waals surface area contributed by atoms with Crippen molar-refractivity contribution in [3.8, 4) is 0 Å². The van der Waals surface area contributed by atoms with Crippen LogP contribution < -0.4 is 5.43 Å². The van der Waals surface area contributed by atoms with Crippen LogP contribution in [-0.4, -0.2) is 26.2 Å². The molecule has 1 N–H and O–H groups in total. The molecule has 0 spiro atoms. The zero-order chi connectivity index (χ0) is 17.8. The van der Waals surface area contributed by atoms with E-state index in [9.17, 15) is 0 Å². The van der Waals surface area contributed by atoms with Crippen molar-refractivity contribution >= 4 is 46.8 Å². The lowest BCUT2D eigenvalue weighted by molar-refractivity contribution is 0.680. The maximum Gasteiger partial charge on any atom is 0.168 e. The molecule has 0 bridgehead atoms. The number of hydrogen-bond donors (Lipinski definition) is 1. The molecule has 0 aliphatic heterocycles. The lowest BCUT2D eigenvalue weighted by Gasteiger charge is -2.03. The maximum absolute atomic E-state index is 6.42. The normalized spacial score (nSPS) is 11.2. The van der Waals surface area contributed by atoms with Crippen LogP contribution in [-0.2, 0) is 6.54 Å². The summed E-state index contributed by atoms with van der Waals surface area (Å²) in [6.45, 7) is 2.41. The van der Waals surface area contributed by atoms with E-state index >= 15 is 0 Å². The fraction of sp³-hybridized carbons (Fsp3) is 0.125. The van der Waals surface area contributed by atoms with E-state index in [2.05, 4.69) is 25.8 Å². The number of hydrazone groups is 1. The molecule has 25 heavy (non-hydrogen) atoms.